The maximum absolute atomic E-state index is 6.82. The first-order chi connectivity index (χ1) is 42.6. The summed E-state index contributed by atoms with van der Waals surface area (Å²) >= 11 is 0. The Morgan fingerprint density at radius 1 is 0.286 bits per heavy atom. The number of benzene rings is 10. The van der Waals surface area contributed by atoms with E-state index in [2.05, 4.69) is 367 Å². The second-order valence-electron chi connectivity index (χ2n) is 32.8. The summed E-state index contributed by atoms with van der Waals surface area (Å²) in [5.41, 5.74) is 25.6. The molecule has 0 radical (unpaired) electrons. The molecule has 1 unspecified atom stereocenters. The van der Waals surface area contributed by atoms with E-state index in [-0.39, 0.29) is 32.5 Å². The molecule has 2 aliphatic rings. The zero-order chi connectivity index (χ0) is 65.2. The molecule has 2 aliphatic carbocycles. The van der Waals surface area contributed by atoms with Gasteiger partial charge in [0.2, 0.25) is 0 Å². The van der Waals surface area contributed by atoms with Crippen molar-refractivity contribution in [3.63, 3.8) is 0 Å². The molecule has 464 valence electrons. The molecular formula is C88H96N2O. The van der Waals surface area contributed by atoms with E-state index >= 15 is 0 Å². The van der Waals surface area contributed by atoms with E-state index in [9.17, 15) is 0 Å². The van der Waals surface area contributed by atoms with Crippen LogP contribution in [0.15, 0.2) is 218 Å². The lowest BCUT2D eigenvalue weighted by atomic mass is 9.66. The predicted molar refractivity (Wildman–Crippen MR) is 389 cm³/mol. The average molecular weight is 1200 g/mol. The van der Waals surface area contributed by atoms with E-state index < -0.39 is 10.8 Å². The minimum atomic E-state index is -0.870. The van der Waals surface area contributed by atoms with Gasteiger partial charge in [0.05, 0.1) is 11.1 Å². The summed E-state index contributed by atoms with van der Waals surface area (Å²) in [6.07, 6.45) is 0. The third-order valence-electron chi connectivity index (χ3n) is 19.8. The Kier molecular flexibility index (Phi) is 15.3. The van der Waals surface area contributed by atoms with Crippen LogP contribution in [-0.4, -0.2) is 0 Å². The standard InChI is InChI=1S/C88H96N2O/c1-81(2,3)57-25-27-63(28-26-57)88(64-39-52-71(53-40-64)91-70-50-37-62(38-51-70)86(16,17)18)75-55-69(89(65-41-29-58(30-42-65)82(4,5)6)66-43-31-59(32-44-66)83(7,8)9)49-54-73(75)78-76(88)56-77(80-79(78)72-23-21-22-24-74(72)87(80,19)20)90(67-45-33-60(34-46-67)84(10,11)12)68-47-35-61(36-48-68)85(13,14)15/h21-56H,1-20H3. The molecule has 0 amide bonds. The molecule has 3 heteroatoms. The van der Waals surface area contributed by atoms with Crippen molar-refractivity contribution >= 4 is 34.1 Å². The molecule has 0 aromatic heterocycles. The van der Waals surface area contributed by atoms with E-state index in [0.29, 0.717) is 0 Å². The van der Waals surface area contributed by atoms with Gasteiger partial charge < -0.3 is 14.5 Å². The van der Waals surface area contributed by atoms with Crippen molar-refractivity contribution in [1.29, 1.82) is 0 Å². The molecule has 0 N–H and O–H groups in total. The SMILES string of the molecule is CC(C)(C)c1ccc(Oc2ccc(C3(c4ccc(C(C)(C)C)cc4)c4cc(N(c5ccc(C(C)(C)C)cc5)c5ccc(C(C)(C)C)cc5)ccc4-c4c3cc(N(c3ccc(C(C)(C)C)cc3)c3ccc(C(C)(C)C)cc3)c3c4-c4ccccc4C3(C)C)cc2)cc1. The summed E-state index contributed by atoms with van der Waals surface area (Å²) in [6.45, 7) is 46.3. The van der Waals surface area contributed by atoms with Crippen LogP contribution in [0.2, 0.25) is 0 Å². The molecule has 0 spiro atoms. The van der Waals surface area contributed by atoms with E-state index in [1.165, 1.54) is 89.1 Å². The van der Waals surface area contributed by atoms with E-state index in [4.69, 9.17) is 4.74 Å². The highest BCUT2D eigenvalue weighted by Crippen LogP contribution is 2.66. The van der Waals surface area contributed by atoms with Crippen LogP contribution >= 0.6 is 0 Å². The zero-order valence-electron chi connectivity index (χ0n) is 58.1. The van der Waals surface area contributed by atoms with Crippen molar-refractivity contribution in [1.82, 2.24) is 0 Å². The Hall–Kier alpha value is -8.40. The molecular weight excluding hydrogens is 1100 g/mol. The van der Waals surface area contributed by atoms with Gasteiger partial charge in [-0.1, -0.05) is 266 Å². The summed E-state index contributed by atoms with van der Waals surface area (Å²) < 4.78 is 6.82. The molecule has 0 fully saturated rings. The molecule has 10 aromatic rings. The van der Waals surface area contributed by atoms with Crippen LogP contribution < -0.4 is 14.5 Å². The number of hydrogen-bond donors (Lipinski definition) is 0. The van der Waals surface area contributed by atoms with Crippen molar-refractivity contribution in [2.75, 3.05) is 9.80 Å². The van der Waals surface area contributed by atoms with Crippen LogP contribution in [0, 0.1) is 0 Å². The van der Waals surface area contributed by atoms with E-state index in [1.54, 1.807) is 0 Å². The highest BCUT2D eigenvalue weighted by molar-refractivity contribution is 6.05. The molecule has 12 rings (SSSR count). The molecule has 1 atom stereocenters. The van der Waals surface area contributed by atoms with Crippen LogP contribution in [0.25, 0.3) is 22.3 Å². The first-order valence-corrected chi connectivity index (χ1v) is 33.1. The molecule has 0 heterocycles. The maximum atomic E-state index is 6.82. The topological polar surface area (TPSA) is 15.7 Å². The number of rotatable bonds is 10. The van der Waals surface area contributed by atoms with Crippen LogP contribution in [-0.2, 0) is 43.3 Å². The summed E-state index contributed by atoms with van der Waals surface area (Å²) in [4.78, 5) is 5.07. The Bertz CT molecular complexity index is 4200. The molecule has 3 nitrogen and oxygen atoms in total. The Balaban J connectivity index is 1.21. The second kappa shape index (κ2) is 22.2. The number of nitrogens with zero attached hydrogens (tertiary/aromatic N) is 2. The summed E-state index contributed by atoms with van der Waals surface area (Å²) in [7, 11) is 0. The minimum absolute atomic E-state index is 0.00961. The molecule has 0 saturated carbocycles. The van der Waals surface area contributed by atoms with Gasteiger partial charge in [-0.3, -0.25) is 0 Å². The number of fused-ring (bicyclic) bond motifs is 7. The van der Waals surface area contributed by atoms with Crippen LogP contribution in [0.5, 0.6) is 11.5 Å². The maximum Gasteiger partial charge on any atom is 0.127 e. The quantitative estimate of drug-likeness (QED) is 0.136. The molecule has 10 aromatic carbocycles. The number of hydrogen-bond acceptors (Lipinski definition) is 3. The van der Waals surface area contributed by atoms with Crippen molar-refractivity contribution < 1.29 is 4.74 Å². The summed E-state index contributed by atoms with van der Waals surface area (Å²) in [5.74, 6) is 1.60. The van der Waals surface area contributed by atoms with Crippen LogP contribution in [0.1, 0.15) is 205 Å². The second-order valence-corrected chi connectivity index (χ2v) is 32.8. The van der Waals surface area contributed by atoms with Crippen molar-refractivity contribution in [2.24, 2.45) is 0 Å². The van der Waals surface area contributed by atoms with E-state index in [1.807, 2.05) is 0 Å². The van der Waals surface area contributed by atoms with Gasteiger partial charge in [-0.25, -0.2) is 0 Å². The summed E-state index contributed by atoms with van der Waals surface area (Å²) in [5, 5.41) is 0. The van der Waals surface area contributed by atoms with Crippen LogP contribution in [0.3, 0.4) is 0 Å². The monoisotopic (exact) mass is 1200 g/mol. The first-order valence-electron chi connectivity index (χ1n) is 33.1. The highest BCUT2D eigenvalue weighted by atomic mass is 16.5. The molecule has 0 bridgehead atoms. The predicted octanol–water partition coefficient (Wildman–Crippen LogP) is 24.9. The van der Waals surface area contributed by atoms with Crippen molar-refractivity contribution in [2.45, 2.75) is 182 Å². The van der Waals surface area contributed by atoms with Crippen LogP contribution in [0.4, 0.5) is 34.1 Å². The van der Waals surface area contributed by atoms with Crippen molar-refractivity contribution in [3.05, 3.63) is 285 Å². The van der Waals surface area contributed by atoms with Gasteiger partial charge in [-0.15, -0.1) is 0 Å². The number of anilines is 6. The van der Waals surface area contributed by atoms with Crippen molar-refractivity contribution in [3.8, 4) is 33.8 Å². The van der Waals surface area contributed by atoms with Gasteiger partial charge in [0.15, 0.2) is 0 Å². The lowest BCUT2D eigenvalue weighted by molar-refractivity contribution is 0.481. The smallest absolute Gasteiger partial charge is 0.127 e. The molecule has 91 heavy (non-hydrogen) atoms. The first kappa shape index (κ1) is 62.8. The minimum Gasteiger partial charge on any atom is -0.457 e. The Morgan fingerprint density at radius 2 is 0.604 bits per heavy atom. The molecule has 0 saturated heterocycles. The third kappa shape index (κ3) is 11.3. The fourth-order valence-electron chi connectivity index (χ4n) is 14.3. The van der Waals surface area contributed by atoms with Gasteiger partial charge in [0.1, 0.15) is 11.5 Å². The molecule has 0 aliphatic heterocycles. The van der Waals surface area contributed by atoms with Gasteiger partial charge in [0.25, 0.3) is 0 Å². The lowest BCUT2D eigenvalue weighted by Crippen LogP contribution is -2.30. The Labute approximate surface area is 546 Å². The third-order valence-corrected chi connectivity index (χ3v) is 19.8. The van der Waals surface area contributed by atoms with E-state index in [0.717, 1.165) is 45.5 Å². The van der Waals surface area contributed by atoms with Gasteiger partial charge in [-0.05, 0) is 213 Å². The fraction of sp³-hybridized carbons (Fsp3) is 0.318. The Morgan fingerprint density at radius 3 is 1.00 bits per heavy atom. The fourth-order valence-corrected chi connectivity index (χ4v) is 14.3. The average Bonchev–Trinajstić information content (AvgIpc) is 1.51. The van der Waals surface area contributed by atoms with Gasteiger partial charge >= 0.3 is 0 Å². The van der Waals surface area contributed by atoms with Gasteiger partial charge in [-0.2, -0.15) is 0 Å². The number of ether oxygens (including phenoxy) is 1. The lowest BCUT2D eigenvalue weighted by Gasteiger charge is -2.38. The largest absolute Gasteiger partial charge is 0.457 e. The van der Waals surface area contributed by atoms with Gasteiger partial charge in [0, 0.05) is 33.9 Å². The summed E-state index contributed by atoms with van der Waals surface area (Å²) in [6, 6.07) is 84.1. The normalized spacial score (nSPS) is 15.4. The zero-order valence-corrected chi connectivity index (χ0v) is 58.1. The highest BCUT2D eigenvalue weighted by Gasteiger charge is 2.52.